The van der Waals surface area contributed by atoms with E-state index in [9.17, 15) is 14.4 Å². The summed E-state index contributed by atoms with van der Waals surface area (Å²) in [4.78, 5) is 32.7. The van der Waals surface area contributed by atoms with Gasteiger partial charge >= 0.3 is 17.9 Å². The highest BCUT2D eigenvalue weighted by Crippen LogP contribution is 2.16. The summed E-state index contributed by atoms with van der Waals surface area (Å²) in [6.45, 7) is 4.25. The van der Waals surface area contributed by atoms with Gasteiger partial charge in [0.1, 0.15) is 6.61 Å². The highest BCUT2D eigenvalue weighted by molar-refractivity contribution is 5.68. The summed E-state index contributed by atoms with van der Waals surface area (Å²) in [5, 5.41) is 2.99. The SMILES string of the molecule is CC(=O)OC[C@H]1NC[C@@H](OC(C)=O)[C@H]1OC(C)=O. The van der Waals surface area contributed by atoms with E-state index in [0.717, 1.165) is 0 Å². The van der Waals surface area contributed by atoms with Gasteiger partial charge in [-0.2, -0.15) is 0 Å². The first kappa shape index (κ1) is 14.4. The van der Waals surface area contributed by atoms with Crippen molar-refractivity contribution in [1.82, 2.24) is 5.32 Å². The molecule has 7 heteroatoms. The van der Waals surface area contributed by atoms with Gasteiger partial charge in [-0.1, -0.05) is 0 Å². The van der Waals surface area contributed by atoms with Crippen LogP contribution in [0.15, 0.2) is 0 Å². The van der Waals surface area contributed by atoms with Crippen LogP contribution < -0.4 is 5.32 Å². The van der Waals surface area contributed by atoms with Gasteiger partial charge in [0.15, 0.2) is 12.2 Å². The number of esters is 3. The first-order chi connectivity index (χ1) is 8.40. The minimum Gasteiger partial charge on any atom is -0.464 e. The first-order valence-electron chi connectivity index (χ1n) is 5.61. The van der Waals surface area contributed by atoms with Crippen molar-refractivity contribution in [2.24, 2.45) is 0 Å². The highest BCUT2D eigenvalue weighted by Gasteiger charge is 2.41. The summed E-state index contributed by atoms with van der Waals surface area (Å²) >= 11 is 0. The smallest absolute Gasteiger partial charge is 0.303 e. The van der Waals surface area contributed by atoms with Crippen molar-refractivity contribution in [2.75, 3.05) is 13.2 Å². The normalized spacial score (nSPS) is 26.5. The molecule has 0 radical (unpaired) electrons. The third kappa shape index (κ3) is 4.33. The molecule has 0 aromatic carbocycles. The van der Waals surface area contributed by atoms with Gasteiger partial charge in [-0.3, -0.25) is 14.4 Å². The van der Waals surface area contributed by atoms with Crippen molar-refractivity contribution in [1.29, 1.82) is 0 Å². The Labute approximate surface area is 105 Å². The van der Waals surface area contributed by atoms with E-state index in [4.69, 9.17) is 14.2 Å². The number of carbonyl (C=O) groups excluding carboxylic acids is 3. The molecule has 1 aliphatic heterocycles. The van der Waals surface area contributed by atoms with E-state index >= 15 is 0 Å². The minimum atomic E-state index is -0.647. The Balaban J connectivity index is 2.63. The summed E-state index contributed by atoms with van der Waals surface area (Å²) < 4.78 is 15.0. The molecule has 0 aromatic rings. The lowest BCUT2D eigenvalue weighted by Gasteiger charge is -2.22. The van der Waals surface area contributed by atoms with E-state index in [0.29, 0.717) is 6.54 Å². The Hall–Kier alpha value is -1.63. The van der Waals surface area contributed by atoms with Crippen LogP contribution in [0.4, 0.5) is 0 Å². The van der Waals surface area contributed by atoms with Crippen molar-refractivity contribution in [3.05, 3.63) is 0 Å². The van der Waals surface area contributed by atoms with Gasteiger partial charge in [0.2, 0.25) is 0 Å². The zero-order valence-corrected chi connectivity index (χ0v) is 10.6. The molecule has 1 rings (SSSR count). The fraction of sp³-hybridized carbons (Fsp3) is 0.727. The van der Waals surface area contributed by atoms with E-state index in [1.165, 1.54) is 20.8 Å². The first-order valence-corrected chi connectivity index (χ1v) is 5.61. The maximum atomic E-state index is 11.0. The molecule has 18 heavy (non-hydrogen) atoms. The van der Waals surface area contributed by atoms with Crippen molar-refractivity contribution in [3.63, 3.8) is 0 Å². The fourth-order valence-corrected chi connectivity index (χ4v) is 1.79. The molecule has 0 unspecified atom stereocenters. The molecule has 1 aliphatic rings. The van der Waals surface area contributed by atoms with Crippen LogP contribution in [0.5, 0.6) is 0 Å². The Bertz CT molecular complexity index is 342. The van der Waals surface area contributed by atoms with Crippen LogP contribution in [0.1, 0.15) is 20.8 Å². The van der Waals surface area contributed by atoms with Crippen LogP contribution in [0, 0.1) is 0 Å². The predicted molar refractivity (Wildman–Crippen MR) is 59.5 cm³/mol. The Morgan fingerprint density at radius 1 is 1.06 bits per heavy atom. The molecule has 0 amide bonds. The highest BCUT2D eigenvalue weighted by atomic mass is 16.6. The lowest BCUT2D eigenvalue weighted by atomic mass is 10.1. The van der Waals surface area contributed by atoms with Gasteiger partial charge in [0.25, 0.3) is 0 Å². The van der Waals surface area contributed by atoms with Crippen LogP contribution in [0.3, 0.4) is 0 Å². The molecule has 0 saturated carbocycles. The summed E-state index contributed by atoms with van der Waals surface area (Å²) in [6.07, 6.45) is -1.21. The van der Waals surface area contributed by atoms with Gasteiger partial charge < -0.3 is 19.5 Å². The molecule has 1 N–H and O–H groups in total. The third-order valence-corrected chi connectivity index (χ3v) is 2.43. The predicted octanol–water partition coefficient (Wildman–Crippen LogP) is -0.615. The molecule has 1 saturated heterocycles. The fourth-order valence-electron chi connectivity index (χ4n) is 1.79. The van der Waals surface area contributed by atoms with E-state index in [1.54, 1.807) is 0 Å². The number of hydrogen-bond acceptors (Lipinski definition) is 7. The van der Waals surface area contributed by atoms with Gasteiger partial charge in [0.05, 0.1) is 6.04 Å². The van der Waals surface area contributed by atoms with Crippen LogP contribution >= 0.6 is 0 Å². The molecule has 7 nitrogen and oxygen atoms in total. The molecule has 1 heterocycles. The third-order valence-electron chi connectivity index (χ3n) is 2.43. The minimum absolute atomic E-state index is 0.0606. The van der Waals surface area contributed by atoms with E-state index < -0.39 is 30.1 Å². The Kier molecular flexibility index (Phi) is 5.08. The summed E-state index contributed by atoms with van der Waals surface area (Å²) in [5.41, 5.74) is 0. The lowest BCUT2D eigenvalue weighted by molar-refractivity contribution is -0.164. The Morgan fingerprint density at radius 2 is 1.67 bits per heavy atom. The second-order valence-corrected chi connectivity index (χ2v) is 4.04. The molecule has 0 aromatic heterocycles. The monoisotopic (exact) mass is 259 g/mol. The molecule has 3 atom stereocenters. The molecule has 0 spiro atoms. The number of ether oxygens (including phenoxy) is 3. The number of rotatable bonds is 4. The van der Waals surface area contributed by atoms with Gasteiger partial charge in [-0.15, -0.1) is 0 Å². The molecule has 1 fully saturated rings. The molecule has 102 valence electrons. The summed E-state index contributed by atoms with van der Waals surface area (Å²) in [5.74, 6) is -1.35. The van der Waals surface area contributed by atoms with Crippen LogP contribution in [0.2, 0.25) is 0 Å². The van der Waals surface area contributed by atoms with E-state index in [1.807, 2.05) is 0 Å². The van der Waals surface area contributed by atoms with Gasteiger partial charge in [0, 0.05) is 27.3 Å². The lowest BCUT2D eigenvalue weighted by Crippen LogP contribution is -2.41. The van der Waals surface area contributed by atoms with Crippen LogP contribution in [0.25, 0.3) is 0 Å². The van der Waals surface area contributed by atoms with Gasteiger partial charge in [-0.05, 0) is 0 Å². The van der Waals surface area contributed by atoms with Crippen molar-refractivity contribution in [3.8, 4) is 0 Å². The zero-order chi connectivity index (χ0) is 13.7. The Morgan fingerprint density at radius 3 is 2.17 bits per heavy atom. The van der Waals surface area contributed by atoms with Crippen molar-refractivity contribution < 1.29 is 28.6 Å². The van der Waals surface area contributed by atoms with Crippen LogP contribution in [-0.4, -0.2) is 49.3 Å². The van der Waals surface area contributed by atoms with Crippen LogP contribution in [-0.2, 0) is 28.6 Å². The van der Waals surface area contributed by atoms with Gasteiger partial charge in [-0.25, -0.2) is 0 Å². The molecule has 0 bridgehead atoms. The average Bonchev–Trinajstić information content (AvgIpc) is 2.57. The summed E-state index contributed by atoms with van der Waals surface area (Å²) in [6, 6.07) is -0.373. The quantitative estimate of drug-likeness (QED) is 0.531. The van der Waals surface area contributed by atoms with Crippen molar-refractivity contribution in [2.45, 2.75) is 39.0 Å². The number of hydrogen-bond donors (Lipinski definition) is 1. The molecule has 0 aliphatic carbocycles. The average molecular weight is 259 g/mol. The standard InChI is InChI=1S/C11H17NO6/c1-6(13)16-5-9-11(18-8(3)15)10(4-12-9)17-7(2)14/h9-12H,4-5H2,1-3H3/t9-,10-,11+/m1/s1. The topological polar surface area (TPSA) is 90.9 Å². The van der Waals surface area contributed by atoms with E-state index in [-0.39, 0.29) is 12.6 Å². The maximum absolute atomic E-state index is 11.0. The number of carbonyl (C=O) groups is 3. The molecular weight excluding hydrogens is 242 g/mol. The second kappa shape index (κ2) is 6.34. The number of nitrogens with one attached hydrogen (secondary N) is 1. The molecular formula is C11H17NO6. The van der Waals surface area contributed by atoms with E-state index in [2.05, 4.69) is 5.32 Å². The second-order valence-electron chi connectivity index (χ2n) is 4.04. The zero-order valence-electron chi connectivity index (χ0n) is 10.6. The maximum Gasteiger partial charge on any atom is 0.303 e. The summed E-state index contributed by atoms with van der Waals surface area (Å²) in [7, 11) is 0. The van der Waals surface area contributed by atoms with Crippen molar-refractivity contribution >= 4 is 17.9 Å². The largest absolute Gasteiger partial charge is 0.464 e.